The lowest BCUT2D eigenvalue weighted by Gasteiger charge is -2.41. The van der Waals surface area contributed by atoms with Crippen LogP contribution in [0.15, 0.2) is 24.3 Å². The topological polar surface area (TPSA) is 72.9 Å². The van der Waals surface area contributed by atoms with Crippen LogP contribution >= 0.6 is 0 Å². The SMILES string of the molecule is C[C@H](O)[C@@H](C(=O)NC1CN(C(=O)c2cccc(C3CCC3)c2)C1)N(C)C. The Kier molecular flexibility index (Phi) is 5.63. The Morgan fingerprint density at radius 1 is 1.27 bits per heavy atom. The van der Waals surface area contributed by atoms with Crippen molar-refractivity contribution in [3.63, 3.8) is 0 Å². The van der Waals surface area contributed by atoms with Gasteiger partial charge in [0.2, 0.25) is 5.91 Å². The van der Waals surface area contributed by atoms with Crippen LogP contribution in [0.5, 0.6) is 0 Å². The predicted molar refractivity (Wildman–Crippen MR) is 100 cm³/mol. The first-order chi connectivity index (χ1) is 12.4. The van der Waals surface area contributed by atoms with Crippen LogP contribution in [-0.2, 0) is 4.79 Å². The molecule has 2 amide bonds. The number of likely N-dealkylation sites (N-methyl/N-ethyl adjacent to an activating group) is 1. The van der Waals surface area contributed by atoms with Crippen molar-refractivity contribution in [3.05, 3.63) is 35.4 Å². The maximum Gasteiger partial charge on any atom is 0.254 e. The molecule has 2 aliphatic rings. The molecule has 1 aromatic rings. The van der Waals surface area contributed by atoms with E-state index in [0.717, 1.165) is 5.56 Å². The molecule has 2 fully saturated rings. The summed E-state index contributed by atoms with van der Waals surface area (Å²) >= 11 is 0. The number of nitrogens with zero attached hydrogens (tertiary/aromatic N) is 2. The van der Waals surface area contributed by atoms with Gasteiger partial charge in [0.1, 0.15) is 6.04 Å². The highest BCUT2D eigenvalue weighted by molar-refractivity contribution is 5.95. The van der Waals surface area contributed by atoms with Gasteiger partial charge in [-0.2, -0.15) is 0 Å². The number of nitrogens with one attached hydrogen (secondary N) is 1. The van der Waals surface area contributed by atoms with Crippen molar-refractivity contribution in [2.24, 2.45) is 0 Å². The Hall–Kier alpha value is -1.92. The Labute approximate surface area is 155 Å². The van der Waals surface area contributed by atoms with Gasteiger partial charge in [-0.3, -0.25) is 14.5 Å². The minimum atomic E-state index is -0.753. The molecule has 0 spiro atoms. The molecule has 3 rings (SSSR count). The van der Waals surface area contributed by atoms with Gasteiger partial charge >= 0.3 is 0 Å². The molecule has 1 saturated carbocycles. The molecule has 6 heteroatoms. The van der Waals surface area contributed by atoms with Crippen LogP contribution in [0.1, 0.15) is 48.0 Å². The third kappa shape index (κ3) is 3.91. The highest BCUT2D eigenvalue weighted by atomic mass is 16.3. The molecule has 0 bridgehead atoms. The van der Waals surface area contributed by atoms with Crippen molar-refractivity contribution >= 4 is 11.8 Å². The third-order valence-electron chi connectivity index (χ3n) is 5.51. The summed E-state index contributed by atoms with van der Waals surface area (Å²) in [4.78, 5) is 28.4. The van der Waals surface area contributed by atoms with Gasteiger partial charge in [0, 0.05) is 18.7 Å². The van der Waals surface area contributed by atoms with Gasteiger partial charge in [0.05, 0.1) is 12.1 Å². The molecular weight excluding hydrogens is 330 g/mol. The van der Waals surface area contributed by atoms with Crippen LogP contribution in [0.4, 0.5) is 0 Å². The zero-order valence-electron chi connectivity index (χ0n) is 15.8. The maximum atomic E-state index is 12.7. The van der Waals surface area contributed by atoms with E-state index >= 15 is 0 Å². The maximum absolute atomic E-state index is 12.7. The van der Waals surface area contributed by atoms with Gasteiger partial charge in [-0.15, -0.1) is 0 Å². The van der Waals surface area contributed by atoms with Crippen LogP contribution in [0, 0.1) is 0 Å². The van der Waals surface area contributed by atoms with Crippen LogP contribution < -0.4 is 5.32 Å². The smallest absolute Gasteiger partial charge is 0.254 e. The molecule has 0 unspecified atom stereocenters. The molecule has 1 saturated heterocycles. The molecule has 1 aliphatic heterocycles. The molecule has 2 atom stereocenters. The summed E-state index contributed by atoms with van der Waals surface area (Å²) in [6, 6.07) is 7.32. The van der Waals surface area contributed by atoms with Crippen molar-refractivity contribution in [2.45, 2.75) is 50.3 Å². The summed E-state index contributed by atoms with van der Waals surface area (Å²) in [5.41, 5.74) is 1.99. The third-order valence-corrected chi connectivity index (χ3v) is 5.51. The summed E-state index contributed by atoms with van der Waals surface area (Å²) < 4.78 is 0. The minimum Gasteiger partial charge on any atom is -0.391 e. The fourth-order valence-corrected chi connectivity index (χ4v) is 3.76. The van der Waals surface area contributed by atoms with Crippen LogP contribution in [0.25, 0.3) is 0 Å². The number of carbonyl (C=O) groups excluding carboxylic acids is 2. The monoisotopic (exact) mass is 359 g/mol. The van der Waals surface area contributed by atoms with E-state index in [1.165, 1.54) is 24.8 Å². The van der Waals surface area contributed by atoms with E-state index in [0.29, 0.717) is 19.0 Å². The second-order valence-electron chi connectivity index (χ2n) is 7.82. The molecule has 0 radical (unpaired) electrons. The van der Waals surface area contributed by atoms with Gasteiger partial charge < -0.3 is 15.3 Å². The van der Waals surface area contributed by atoms with Crippen molar-refractivity contribution in [1.29, 1.82) is 0 Å². The van der Waals surface area contributed by atoms with Crippen LogP contribution in [-0.4, -0.2) is 72.1 Å². The van der Waals surface area contributed by atoms with Crippen molar-refractivity contribution < 1.29 is 14.7 Å². The number of aliphatic hydroxyl groups is 1. The average molecular weight is 359 g/mol. The summed E-state index contributed by atoms with van der Waals surface area (Å²) in [6.45, 7) is 2.63. The number of benzene rings is 1. The second kappa shape index (κ2) is 7.76. The number of hydrogen-bond acceptors (Lipinski definition) is 4. The molecular formula is C20H29N3O3. The zero-order chi connectivity index (χ0) is 18.8. The molecule has 142 valence electrons. The van der Waals surface area contributed by atoms with Gasteiger partial charge in [0.25, 0.3) is 5.91 Å². The Morgan fingerprint density at radius 3 is 2.50 bits per heavy atom. The van der Waals surface area contributed by atoms with Gasteiger partial charge in [-0.1, -0.05) is 18.6 Å². The van der Waals surface area contributed by atoms with E-state index in [2.05, 4.69) is 11.4 Å². The highest BCUT2D eigenvalue weighted by Gasteiger charge is 2.35. The summed E-state index contributed by atoms with van der Waals surface area (Å²) in [5, 5.41) is 12.7. The van der Waals surface area contributed by atoms with Crippen LogP contribution in [0.2, 0.25) is 0 Å². The number of hydrogen-bond donors (Lipinski definition) is 2. The lowest BCUT2D eigenvalue weighted by atomic mass is 9.79. The summed E-state index contributed by atoms with van der Waals surface area (Å²) in [7, 11) is 3.53. The zero-order valence-corrected chi connectivity index (χ0v) is 15.8. The van der Waals surface area contributed by atoms with E-state index in [4.69, 9.17) is 0 Å². The minimum absolute atomic E-state index is 0.0244. The van der Waals surface area contributed by atoms with E-state index in [-0.39, 0.29) is 17.9 Å². The van der Waals surface area contributed by atoms with Gasteiger partial charge in [0.15, 0.2) is 0 Å². The number of likely N-dealkylation sites (tertiary alicyclic amines) is 1. The Bertz CT molecular complexity index is 656. The van der Waals surface area contributed by atoms with E-state index < -0.39 is 12.1 Å². The molecule has 6 nitrogen and oxygen atoms in total. The standard InChI is InChI=1S/C20H29N3O3/c1-13(24)18(22(2)3)19(25)21-17-11-23(12-17)20(26)16-9-5-8-15(10-16)14-6-4-7-14/h5,8-10,13-14,17-18,24H,4,6-7,11-12H2,1-3H3,(H,21,25)/t13-,18-/m0/s1. The molecule has 2 N–H and O–H groups in total. The first kappa shape index (κ1) is 18.9. The second-order valence-corrected chi connectivity index (χ2v) is 7.82. The van der Waals surface area contributed by atoms with E-state index in [1.807, 2.05) is 18.2 Å². The highest BCUT2D eigenvalue weighted by Crippen LogP contribution is 2.36. The van der Waals surface area contributed by atoms with Crippen molar-refractivity contribution in [3.8, 4) is 0 Å². The average Bonchev–Trinajstić information content (AvgIpc) is 2.47. The van der Waals surface area contributed by atoms with Crippen molar-refractivity contribution in [1.82, 2.24) is 15.1 Å². The van der Waals surface area contributed by atoms with Gasteiger partial charge in [-0.25, -0.2) is 0 Å². The normalized spacial score (nSPS) is 20.3. The molecule has 1 aliphatic carbocycles. The molecule has 1 aromatic carbocycles. The fourth-order valence-electron chi connectivity index (χ4n) is 3.76. The van der Waals surface area contributed by atoms with Gasteiger partial charge in [-0.05, 0) is 57.5 Å². The van der Waals surface area contributed by atoms with Crippen LogP contribution in [0.3, 0.4) is 0 Å². The Balaban J connectivity index is 1.53. The van der Waals surface area contributed by atoms with E-state index in [1.54, 1.807) is 30.8 Å². The first-order valence-electron chi connectivity index (χ1n) is 9.41. The number of rotatable bonds is 6. The lowest BCUT2D eigenvalue weighted by molar-refractivity contribution is -0.130. The summed E-state index contributed by atoms with van der Waals surface area (Å²) in [5.74, 6) is 0.431. The molecule has 26 heavy (non-hydrogen) atoms. The largest absolute Gasteiger partial charge is 0.391 e. The Morgan fingerprint density at radius 2 is 1.96 bits per heavy atom. The van der Waals surface area contributed by atoms with Crippen molar-refractivity contribution in [2.75, 3.05) is 27.2 Å². The molecule has 0 aromatic heterocycles. The number of amides is 2. The predicted octanol–water partition coefficient (Wildman–Crippen LogP) is 1.21. The number of aliphatic hydroxyl groups excluding tert-OH is 1. The quantitative estimate of drug-likeness (QED) is 0.801. The lowest BCUT2D eigenvalue weighted by Crippen LogP contribution is -2.63. The molecule has 1 heterocycles. The van der Waals surface area contributed by atoms with E-state index in [9.17, 15) is 14.7 Å². The number of carbonyl (C=O) groups is 2. The fraction of sp³-hybridized carbons (Fsp3) is 0.600. The first-order valence-corrected chi connectivity index (χ1v) is 9.41. The summed E-state index contributed by atoms with van der Waals surface area (Å²) in [6.07, 6.45) is 2.95.